The van der Waals surface area contributed by atoms with E-state index < -0.39 is 0 Å². The molecule has 1 nitrogen and oxygen atoms in total. The van der Waals surface area contributed by atoms with Crippen molar-refractivity contribution < 1.29 is 4.74 Å². The molecule has 13 heavy (non-hydrogen) atoms. The average Bonchev–Trinajstić information content (AvgIpc) is 2.12. The van der Waals surface area contributed by atoms with Gasteiger partial charge in [0, 0.05) is 4.47 Å². The van der Waals surface area contributed by atoms with Gasteiger partial charge in [-0.1, -0.05) is 29.3 Å². The first-order valence-electron chi connectivity index (χ1n) is 4.52. The maximum absolute atomic E-state index is 5.27. The van der Waals surface area contributed by atoms with Crippen molar-refractivity contribution in [1.29, 1.82) is 0 Å². The van der Waals surface area contributed by atoms with Gasteiger partial charge in [-0.15, -0.1) is 0 Å². The summed E-state index contributed by atoms with van der Waals surface area (Å²) >= 11 is 3.56. The molecule has 72 valence electrons. The zero-order chi connectivity index (χ0) is 9.84. The Bertz CT molecular complexity index is 294. The molecule has 0 saturated carbocycles. The van der Waals surface area contributed by atoms with Gasteiger partial charge in [0.05, 0.1) is 7.11 Å². The minimum Gasteiger partial charge on any atom is -0.496 e. The molecule has 1 aromatic carbocycles. The number of ether oxygens (including phenoxy) is 1. The summed E-state index contributed by atoms with van der Waals surface area (Å²) < 4.78 is 6.45. The third-order valence-corrected chi connectivity index (χ3v) is 2.95. The first-order valence-corrected chi connectivity index (χ1v) is 5.32. The molecule has 0 amide bonds. The lowest BCUT2D eigenvalue weighted by Crippen LogP contribution is -1.94. The van der Waals surface area contributed by atoms with Crippen LogP contribution in [0.3, 0.4) is 0 Å². The summed E-state index contributed by atoms with van der Waals surface area (Å²) in [4.78, 5) is 0. The number of rotatable bonds is 3. The highest BCUT2D eigenvalue weighted by Crippen LogP contribution is 2.28. The van der Waals surface area contributed by atoms with Crippen LogP contribution >= 0.6 is 15.9 Å². The molecular formula is C11H15BrO. The van der Waals surface area contributed by atoms with Gasteiger partial charge in [-0.25, -0.2) is 0 Å². The molecular weight excluding hydrogens is 228 g/mol. The first kappa shape index (κ1) is 10.6. The van der Waals surface area contributed by atoms with E-state index in [0.29, 0.717) is 0 Å². The zero-order valence-corrected chi connectivity index (χ0v) is 9.94. The van der Waals surface area contributed by atoms with Crippen molar-refractivity contribution in [2.45, 2.75) is 26.7 Å². The quantitative estimate of drug-likeness (QED) is 0.786. The second kappa shape index (κ2) is 4.66. The molecule has 0 aromatic heterocycles. The lowest BCUT2D eigenvalue weighted by Gasteiger charge is -2.11. The van der Waals surface area contributed by atoms with E-state index in [1.54, 1.807) is 7.11 Å². The van der Waals surface area contributed by atoms with Crippen LogP contribution in [0.5, 0.6) is 5.75 Å². The van der Waals surface area contributed by atoms with Crippen LogP contribution in [0.15, 0.2) is 16.6 Å². The van der Waals surface area contributed by atoms with E-state index in [9.17, 15) is 0 Å². The Morgan fingerprint density at radius 1 is 1.38 bits per heavy atom. The van der Waals surface area contributed by atoms with Gasteiger partial charge in [0.2, 0.25) is 0 Å². The summed E-state index contributed by atoms with van der Waals surface area (Å²) in [5.74, 6) is 0.978. The Kier molecular flexibility index (Phi) is 3.79. The van der Waals surface area contributed by atoms with Gasteiger partial charge in [-0.2, -0.15) is 0 Å². The van der Waals surface area contributed by atoms with Crippen molar-refractivity contribution in [3.8, 4) is 5.75 Å². The predicted octanol–water partition coefficient (Wildman–Crippen LogP) is 3.72. The zero-order valence-electron chi connectivity index (χ0n) is 8.36. The number of benzene rings is 1. The van der Waals surface area contributed by atoms with Crippen molar-refractivity contribution in [3.05, 3.63) is 27.7 Å². The molecule has 0 N–H and O–H groups in total. The van der Waals surface area contributed by atoms with E-state index in [1.165, 1.54) is 15.6 Å². The fourth-order valence-corrected chi connectivity index (χ4v) is 2.11. The van der Waals surface area contributed by atoms with Crippen molar-refractivity contribution in [2.75, 3.05) is 7.11 Å². The highest BCUT2D eigenvalue weighted by molar-refractivity contribution is 9.10. The molecule has 1 aromatic rings. The summed E-state index contributed by atoms with van der Waals surface area (Å²) in [7, 11) is 1.71. The second-order valence-corrected chi connectivity index (χ2v) is 3.96. The third kappa shape index (κ3) is 2.25. The average molecular weight is 243 g/mol. The maximum atomic E-state index is 5.27. The van der Waals surface area contributed by atoms with Crippen LogP contribution in [0.4, 0.5) is 0 Å². The Morgan fingerprint density at radius 3 is 2.62 bits per heavy atom. The predicted molar refractivity (Wildman–Crippen MR) is 59.4 cm³/mol. The standard InChI is InChI=1S/C11H15BrO/c1-4-5-9-8(2)11(13-3)7-6-10(9)12/h6-7H,4-5H2,1-3H3. The minimum atomic E-state index is 0.978. The van der Waals surface area contributed by atoms with Gasteiger partial charge in [0.25, 0.3) is 0 Å². The molecule has 0 aliphatic heterocycles. The first-order chi connectivity index (χ1) is 6.20. The van der Waals surface area contributed by atoms with Crippen LogP contribution in [0, 0.1) is 6.92 Å². The Morgan fingerprint density at radius 2 is 2.08 bits per heavy atom. The highest BCUT2D eigenvalue weighted by atomic mass is 79.9. The lowest BCUT2D eigenvalue weighted by molar-refractivity contribution is 0.411. The Labute approximate surface area is 88.2 Å². The van der Waals surface area contributed by atoms with Crippen molar-refractivity contribution >= 4 is 15.9 Å². The van der Waals surface area contributed by atoms with E-state index >= 15 is 0 Å². The fourth-order valence-electron chi connectivity index (χ4n) is 1.48. The molecule has 1 rings (SSSR count). The van der Waals surface area contributed by atoms with Gasteiger partial charge in [-0.05, 0) is 36.6 Å². The smallest absolute Gasteiger partial charge is 0.122 e. The highest BCUT2D eigenvalue weighted by Gasteiger charge is 2.07. The lowest BCUT2D eigenvalue weighted by atomic mass is 10.0. The molecule has 0 aliphatic carbocycles. The molecule has 0 atom stereocenters. The molecule has 0 radical (unpaired) electrons. The van der Waals surface area contributed by atoms with E-state index in [4.69, 9.17) is 4.74 Å². The molecule has 0 saturated heterocycles. The van der Waals surface area contributed by atoms with Gasteiger partial charge < -0.3 is 4.74 Å². The van der Waals surface area contributed by atoms with E-state index in [1.807, 2.05) is 6.07 Å². The summed E-state index contributed by atoms with van der Waals surface area (Å²) in [5, 5.41) is 0. The van der Waals surface area contributed by atoms with Crippen LogP contribution < -0.4 is 4.74 Å². The van der Waals surface area contributed by atoms with Gasteiger partial charge in [0.15, 0.2) is 0 Å². The van der Waals surface area contributed by atoms with Crippen LogP contribution in [0.2, 0.25) is 0 Å². The van der Waals surface area contributed by atoms with Crippen LogP contribution in [0.1, 0.15) is 24.5 Å². The monoisotopic (exact) mass is 242 g/mol. The summed E-state index contributed by atoms with van der Waals surface area (Å²) in [6, 6.07) is 4.05. The van der Waals surface area contributed by atoms with Gasteiger partial charge in [-0.3, -0.25) is 0 Å². The van der Waals surface area contributed by atoms with E-state index in [0.717, 1.165) is 18.6 Å². The Balaban J connectivity index is 3.13. The van der Waals surface area contributed by atoms with Crippen molar-refractivity contribution in [2.24, 2.45) is 0 Å². The van der Waals surface area contributed by atoms with Crippen molar-refractivity contribution in [3.63, 3.8) is 0 Å². The fraction of sp³-hybridized carbons (Fsp3) is 0.455. The van der Waals surface area contributed by atoms with Crippen molar-refractivity contribution in [1.82, 2.24) is 0 Å². The summed E-state index contributed by atoms with van der Waals surface area (Å²) in [6.07, 6.45) is 2.26. The van der Waals surface area contributed by atoms with Crippen LogP contribution in [-0.2, 0) is 6.42 Å². The second-order valence-electron chi connectivity index (χ2n) is 3.10. The number of hydrogen-bond acceptors (Lipinski definition) is 1. The van der Waals surface area contributed by atoms with E-state index in [2.05, 4.69) is 35.8 Å². The molecule has 0 unspecified atom stereocenters. The van der Waals surface area contributed by atoms with E-state index in [-0.39, 0.29) is 0 Å². The number of methoxy groups -OCH3 is 1. The van der Waals surface area contributed by atoms with Crippen LogP contribution in [0.25, 0.3) is 0 Å². The minimum absolute atomic E-state index is 0.978. The third-order valence-electron chi connectivity index (χ3n) is 2.21. The number of hydrogen-bond donors (Lipinski definition) is 0. The molecule has 0 fully saturated rings. The summed E-state index contributed by atoms with van der Waals surface area (Å²) in [6.45, 7) is 4.29. The molecule has 2 heteroatoms. The van der Waals surface area contributed by atoms with Crippen LogP contribution in [-0.4, -0.2) is 7.11 Å². The molecule has 0 heterocycles. The molecule has 0 spiro atoms. The maximum Gasteiger partial charge on any atom is 0.122 e. The topological polar surface area (TPSA) is 9.23 Å². The SMILES string of the molecule is CCCc1c(Br)ccc(OC)c1C. The number of halogens is 1. The largest absolute Gasteiger partial charge is 0.496 e. The van der Waals surface area contributed by atoms with Gasteiger partial charge >= 0.3 is 0 Å². The normalized spacial score (nSPS) is 10.2. The van der Waals surface area contributed by atoms with Gasteiger partial charge in [0.1, 0.15) is 5.75 Å². The molecule has 0 bridgehead atoms. The summed E-state index contributed by atoms with van der Waals surface area (Å²) in [5.41, 5.74) is 2.61. The Hall–Kier alpha value is -0.500. The molecule has 0 aliphatic rings.